The number of carbonyl (C=O) groups excluding carboxylic acids is 1. The van der Waals surface area contributed by atoms with E-state index in [1.807, 2.05) is 0 Å². The third-order valence-corrected chi connectivity index (χ3v) is 4.16. The first-order valence-corrected chi connectivity index (χ1v) is 9.21. The summed E-state index contributed by atoms with van der Waals surface area (Å²) < 4.78 is 15.1. The number of rotatable bonds is 15. The van der Waals surface area contributed by atoms with E-state index >= 15 is 0 Å². The molecule has 1 N–H and O–H groups in total. The number of hydrogen-bond acceptors (Lipinski definition) is 5. The molecule has 1 aromatic rings. The highest BCUT2D eigenvalue weighted by molar-refractivity contribution is 5.98. The zero-order chi connectivity index (χ0) is 20.8. The zero-order valence-electron chi connectivity index (χ0n) is 16.2. The molecule has 0 unspecified atom stereocenters. The summed E-state index contributed by atoms with van der Waals surface area (Å²) in [5.41, 5.74) is 1.60. The van der Waals surface area contributed by atoms with Crippen LogP contribution in [0.4, 0.5) is 0 Å². The average Bonchev–Trinajstić information content (AvgIpc) is 2.67. The molecule has 0 bridgehead atoms. The lowest BCUT2D eigenvalue weighted by molar-refractivity contribution is 0.0663. The van der Waals surface area contributed by atoms with Gasteiger partial charge in [0.05, 0.1) is 43.1 Å². The maximum atomic E-state index is 12.3. The Morgan fingerprint density at radius 2 is 1.50 bits per heavy atom. The molecule has 28 heavy (non-hydrogen) atoms. The van der Waals surface area contributed by atoms with Crippen LogP contribution in [0.2, 0.25) is 0 Å². The molecule has 0 heterocycles. The second-order valence-corrected chi connectivity index (χ2v) is 5.99. The summed E-state index contributed by atoms with van der Waals surface area (Å²) in [6, 6.07) is 3.31. The summed E-state index contributed by atoms with van der Waals surface area (Å²) in [7, 11) is 0. The largest absolute Gasteiger partial charge is 0.502 e. The van der Waals surface area contributed by atoms with Gasteiger partial charge in [0.25, 0.3) is 0 Å². The predicted molar refractivity (Wildman–Crippen MR) is 107 cm³/mol. The quantitative estimate of drug-likeness (QED) is 0.267. The Morgan fingerprint density at radius 3 is 2.04 bits per heavy atom. The molecular weight excluding hydrogens is 360 g/mol. The molecule has 0 saturated carbocycles. The Hall–Kier alpha value is -3.02. The summed E-state index contributed by atoms with van der Waals surface area (Å²) in [5, 5.41) is 9.82. The molecule has 0 fully saturated rings. The standard InChI is InChI=1S/C22H28O6/c1-4-26-15-9-7-11-17-13-14-19(22(25)28-6-3)18(20(17)21(23)24)12-8-10-16-27-5-2/h4-6,13-14H,1-3,7-12,15-16H2,(H,23,24). The van der Waals surface area contributed by atoms with Crippen LogP contribution in [0.15, 0.2) is 50.7 Å². The smallest absolute Gasteiger partial charge is 0.343 e. The second-order valence-electron chi connectivity index (χ2n) is 5.99. The molecule has 1 rings (SSSR count). The number of benzene rings is 1. The van der Waals surface area contributed by atoms with Gasteiger partial charge in [-0.25, -0.2) is 9.59 Å². The van der Waals surface area contributed by atoms with Gasteiger partial charge in [-0.05, 0) is 55.7 Å². The lowest BCUT2D eigenvalue weighted by Gasteiger charge is -2.16. The van der Waals surface area contributed by atoms with Crippen LogP contribution < -0.4 is 0 Å². The van der Waals surface area contributed by atoms with Crippen LogP contribution in [0.5, 0.6) is 0 Å². The van der Waals surface area contributed by atoms with Gasteiger partial charge in [0.15, 0.2) is 0 Å². The second kappa shape index (κ2) is 13.2. The maximum absolute atomic E-state index is 12.3. The first-order valence-electron chi connectivity index (χ1n) is 9.21. The number of carboxylic acid groups (broad SMARTS) is 1. The summed E-state index contributed by atoms with van der Waals surface area (Å²) >= 11 is 0. The van der Waals surface area contributed by atoms with Crippen LogP contribution in [0.1, 0.15) is 57.5 Å². The lowest BCUT2D eigenvalue weighted by Crippen LogP contribution is -2.14. The van der Waals surface area contributed by atoms with Crippen molar-refractivity contribution in [3.63, 3.8) is 0 Å². The molecule has 0 aromatic heterocycles. The molecule has 0 aliphatic carbocycles. The van der Waals surface area contributed by atoms with E-state index in [4.69, 9.17) is 14.2 Å². The molecule has 6 heteroatoms. The molecule has 0 aliphatic rings. The van der Waals surface area contributed by atoms with Crippen molar-refractivity contribution >= 4 is 11.9 Å². The van der Waals surface area contributed by atoms with Crippen molar-refractivity contribution in [2.75, 3.05) is 13.2 Å². The van der Waals surface area contributed by atoms with E-state index in [0.29, 0.717) is 50.0 Å². The normalized spacial score (nSPS) is 10.0. The zero-order valence-corrected chi connectivity index (χ0v) is 16.2. The third-order valence-electron chi connectivity index (χ3n) is 4.16. The Morgan fingerprint density at radius 1 is 0.893 bits per heavy atom. The van der Waals surface area contributed by atoms with Crippen molar-refractivity contribution < 1.29 is 28.9 Å². The van der Waals surface area contributed by atoms with E-state index in [1.165, 1.54) is 12.5 Å². The molecule has 1 aromatic carbocycles. The highest BCUT2D eigenvalue weighted by atomic mass is 16.5. The van der Waals surface area contributed by atoms with Gasteiger partial charge in [-0.1, -0.05) is 25.8 Å². The first kappa shape index (κ1) is 23.0. The Kier molecular flexibility index (Phi) is 10.8. The molecule has 0 amide bonds. The monoisotopic (exact) mass is 388 g/mol. The highest BCUT2D eigenvalue weighted by Crippen LogP contribution is 2.24. The minimum absolute atomic E-state index is 0.174. The lowest BCUT2D eigenvalue weighted by atomic mass is 9.90. The Labute approximate surface area is 166 Å². The minimum Gasteiger partial charge on any atom is -0.502 e. The fourth-order valence-corrected chi connectivity index (χ4v) is 2.92. The van der Waals surface area contributed by atoms with Crippen LogP contribution >= 0.6 is 0 Å². The van der Waals surface area contributed by atoms with E-state index in [1.54, 1.807) is 12.1 Å². The summed E-state index contributed by atoms with van der Waals surface area (Å²) in [4.78, 5) is 24.3. The summed E-state index contributed by atoms with van der Waals surface area (Å²) in [6.07, 6.45) is 7.71. The van der Waals surface area contributed by atoms with Gasteiger partial charge >= 0.3 is 11.9 Å². The van der Waals surface area contributed by atoms with Gasteiger partial charge in [0, 0.05) is 0 Å². The maximum Gasteiger partial charge on any atom is 0.343 e. The number of carbonyl (C=O) groups is 2. The summed E-state index contributed by atoms with van der Waals surface area (Å²) in [6.45, 7) is 11.4. The average molecular weight is 388 g/mol. The molecule has 0 atom stereocenters. The molecule has 0 aliphatic heterocycles. The molecule has 6 nitrogen and oxygen atoms in total. The fraction of sp³-hybridized carbons (Fsp3) is 0.364. The van der Waals surface area contributed by atoms with Gasteiger partial charge in [-0.3, -0.25) is 0 Å². The third kappa shape index (κ3) is 7.31. The van der Waals surface area contributed by atoms with E-state index < -0.39 is 11.9 Å². The molecule has 0 radical (unpaired) electrons. The number of esters is 1. The van der Waals surface area contributed by atoms with Crippen LogP contribution in [0.25, 0.3) is 0 Å². The number of hydrogen-bond donors (Lipinski definition) is 1. The van der Waals surface area contributed by atoms with Crippen molar-refractivity contribution in [3.8, 4) is 0 Å². The van der Waals surface area contributed by atoms with Crippen molar-refractivity contribution in [2.24, 2.45) is 0 Å². The number of unbranched alkanes of at least 4 members (excludes halogenated alkanes) is 2. The van der Waals surface area contributed by atoms with E-state index in [-0.39, 0.29) is 11.1 Å². The van der Waals surface area contributed by atoms with E-state index in [9.17, 15) is 14.7 Å². The van der Waals surface area contributed by atoms with Gasteiger partial charge in [0.2, 0.25) is 0 Å². The number of aryl methyl sites for hydroxylation is 1. The number of aromatic carboxylic acids is 1. The molecule has 152 valence electrons. The van der Waals surface area contributed by atoms with Crippen molar-refractivity contribution in [1.82, 2.24) is 0 Å². The summed E-state index contributed by atoms with van der Waals surface area (Å²) in [5.74, 6) is -1.66. The molecule has 0 spiro atoms. The van der Waals surface area contributed by atoms with Crippen LogP contribution in [0, 0.1) is 0 Å². The van der Waals surface area contributed by atoms with Crippen molar-refractivity contribution in [2.45, 2.75) is 38.5 Å². The predicted octanol–water partition coefficient (Wildman–Crippen LogP) is 4.65. The van der Waals surface area contributed by atoms with Gasteiger partial charge in [-0.15, -0.1) is 0 Å². The topological polar surface area (TPSA) is 82.1 Å². The minimum atomic E-state index is -1.05. The SMILES string of the molecule is C=COCCCCc1ccc(C(=O)OC=C)c(CCCCOC=C)c1C(=O)O. The van der Waals surface area contributed by atoms with Gasteiger partial charge in [0.1, 0.15) is 0 Å². The van der Waals surface area contributed by atoms with Gasteiger partial charge < -0.3 is 19.3 Å². The molecule has 0 saturated heterocycles. The Bertz CT molecular complexity index is 693. The Balaban J connectivity index is 3.09. The van der Waals surface area contributed by atoms with Crippen LogP contribution in [-0.2, 0) is 27.1 Å². The van der Waals surface area contributed by atoms with Crippen LogP contribution in [-0.4, -0.2) is 30.3 Å². The number of carboxylic acids is 1. The van der Waals surface area contributed by atoms with E-state index in [0.717, 1.165) is 19.1 Å². The first-order chi connectivity index (χ1) is 13.6. The fourth-order valence-electron chi connectivity index (χ4n) is 2.92. The number of ether oxygens (including phenoxy) is 3. The van der Waals surface area contributed by atoms with Crippen molar-refractivity contribution in [1.29, 1.82) is 0 Å². The highest BCUT2D eigenvalue weighted by Gasteiger charge is 2.22. The van der Waals surface area contributed by atoms with Gasteiger partial charge in [-0.2, -0.15) is 0 Å². The van der Waals surface area contributed by atoms with E-state index in [2.05, 4.69) is 19.7 Å². The molecular formula is C22H28O6. The van der Waals surface area contributed by atoms with Crippen molar-refractivity contribution in [3.05, 3.63) is 72.9 Å². The van der Waals surface area contributed by atoms with Crippen LogP contribution in [0.3, 0.4) is 0 Å².